The lowest BCUT2D eigenvalue weighted by Crippen LogP contribution is -2.25. The van der Waals surface area contributed by atoms with Crippen LogP contribution in [0, 0.1) is 17.2 Å². The van der Waals surface area contributed by atoms with E-state index in [1.54, 1.807) is 19.5 Å². The summed E-state index contributed by atoms with van der Waals surface area (Å²) in [4.78, 5) is 23.2. The fraction of sp³-hybridized carbons (Fsp3) is 0.292. The lowest BCUT2D eigenvalue weighted by atomic mass is 9.97. The van der Waals surface area contributed by atoms with Gasteiger partial charge in [0.25, 0.3) is 6.01 Å². The number of benzene rings is 1. The van der Waals surface area contributed by atoms with Gasteiger partial charge in [0, 0.05) is 48.6 Å². The molecule has 4 heterocycles. The number of aromatic nitrogens is 4. The van der Waals surface area contributed by atoms with Crippen LogP contribution in [0.2, 0.25) is 0 Å². The minimum absolute atomic E-state index is 0.171. The molecule has 0 saturated carbocycles. The van der Waals surface area contributed by atoms with Crippen molar-refractivity contribution >= 4 is 39.9 Å². The maximum atomic E-state index is 9.44. The Morgan fingerprint density at radius 1 is 1.44 bits per heavy atom. The fourth-order valence-electron chi connectivity index (χ4n) is 4.38. The Balaban J connectivity index is 1.35. The topological polar surface area (TPSA) is 142 Å². The van der Waals surface area contributed by atoms with Crippen LogP contribution in [0.3, 0.4) is 0 Å². The minimum atomic E-state index is -0.188. The van der Waals surface area contributed by atoms with Gasteiger partial charge in [0.15, 0.2) is 11.3 Å². The maximum Gasteiger partial charge on any atom is 0.298 e. The van der Waals surface area contributed by atoms with Crippen molar-refractivity contribution in [2.75, 3.05) is 25.1 Å². The van der Waals surface area contributed by atoms with Crippen LogP contribution in [-0.2, 0) is 0 Å². The highest BCUT2D eigenvalue weighted by Crippen LogP contribution is 2.33. The van der Waals surface area contributed by atoms with E-state index in [2.05, 4.69) is 30.9 Å². The van der Waals surface area contributed by atoms with Crippen LogP contribution in [0.4, 0.5) is 6.01 Å². The summed E-state index contributed by atoms with van der Waals surface area (Å²) in [6.07, 6.45) is 7.66. The predicted molar refractivity (Wildman–Crippen MR) is 129 cm³/mol. The number of nitrogens with two attached hydrogens (primary N) is 1. The van der Waals surface area contributed by atoms with Gasteiger partial charge < -0.3 is 24.8 Å². The molecule has 0 spiro atoms. The van der Waals surface area contributed by atoms with Crippen LogP contribution < -0.4 is 15.4 Å². The second-order valence-electron chi connectivity index (χ2n) is 8.09. The van der Waals surface area contributed by atoms with E-state index in [4.69, 9.17) is 19.9 Å². The van der Waals surface area contributed by atoms with E-state index in [-0.39, 0.29) is 12.0 Å². The van der Waals surface area contributed by atoms with Crippen molar-refractivity contribution < 1.29 is 9.15 Å². The number of allylic oxidation sites excluding steroid dienone is 1. The molecule has 1 fully saturated rings. The SMILES string of the molecule is COc1cccc2nc(N3CCC(C(CC#N)N=CC(=CN)c4ncnc5[nH]ccc45)C3)oc12. The zero-order chi connectivity index (χ0) is 23.5. The molecule has 1 aromatic carbocycles. The van der Waals surface area contributed by atoms with E-state index in [1.165, 1.54) is 12.5 Å². The second-order valence-corrected chi connectivity index (χ2v) is 8.09. The Morgan fingerprint density at radius 3 is 3.18 bits per heavy atom. The van der Waals surface area contributed by atoms with Crippen LogP contribution in [0.1, 0.15) is 18.5 Å². The number of ether oxygens (including phenoxy) is 1. The summed E-state index contributed by atoms with van der Waals surface area (Å²) in [6, 6.07) is 10.2. The normalized spacial score (nSPS) is 17.6. The summed E-state index contributed by atoms with van der Waals surface area (Å²) >= 11 is 0. The third-order valence-corrected chi connectivity index (χ3v) is 6.14. The number of hydrogen-bond acceptors (Lipinski definition) is 9. The first kappa shape index (κ1) is 21.5. The van der Waals surface area contributed by atoms with Crippen molar-refractivity contribution in [1.29, 1.82) is 5.26 Å². The Kier molecular flexibility index (Phi) is 5.82. The summed E-state index contributed by atoms with van der Waals surface area (Å²) in [5.41, 5.74) is 9.40. The molecule has 10 heteroatoms. The van der Waals surface area contributed by atoms with Crippen LogP contribution >= 0.6 is 0 Å². The van der Waals surface area contributed by atoms with Gasteiger partial charge in [-0.3, -0.25) is 4.99 Å². The molecule has 3 N–H and O–H groups in total. The number of aliphatic imine (C=N–C) groups is 1. The molecule has 34 heavy (non-hydrogen) atoms. The second kappa shape index (κ2) is 9.23. The first-order chi connectivity index (χ1) is 16.7. The van der Waals surface area contributed by atoms with E-state index in [1.807, 2.05) is 24.3 Å². The Bertz CT molecular complexity index is 1410. The van der Waals surface area contributed by atoms with E-state index >= 15 is 0 Å². The molecule has 2 unspecified atom stereocenters. The van der Waals surface area contributed by atoms with Crippen molar-refractivity contribution in [3.05, 3.63) is 48.7 Å². The van der Waals surface area contributed by atoms with Gasteiger partial charge in [-0.1, -0.05) is 6.07 Å². The highest BCUT2D eigenvalue weighted by Gasteiger charge is 2.31. The molecule has 3 aromatic heterocycles. The molecule has 0 bridgehead atoms. The van der Waals surface area contributed by atoms with E-state index in [9.17, 15) is 5.26 Å². The van der Waals surface area contributed by atoms with E-state index in [0.29, 0.717) is 41.6 Å². The number of nitrogens with one attached hydrogen (secondary N) is 1. The monoisotopic (exact) mass is 456 g/mol. The van der Waals surface area contributed by atoms with Gasteiger partial charge in [-0.15, -0.1) is 0 Å². The molecule has 10 nitrogen and oxygen atoms in total. The zero-order valence-electron chi connectivity index (χ0n) is 18.7. The number of nitrogens with zero attached hydrogens (tertiary/aromatic N) is 6. The average Bonchev–Trinajstić information content (AvgIpc) is 3.62. The number of anilines is 1. The zero-order valence-corrected chi connectivity index (χ0v) is 18.7. The number of rotatable bonds is 7. The minimum Gasteiger partial charge on any atom is -0.493 e. The summed E-state index contributed by atoms with van der Waals surface area (Å²) in [7, 11) is 1.61. The molecule has 2 atom stereocenters. The highest BCUT2D eigenvalue weighted by molar-refractivity contribution is 6.13. The molecule has 172 valence electrons. The van der Waals surface area contributed by atoms with Crippen LogP contribution in [0.15, 0.2) is 52.4 Å². The van der Waals surface area contributed by atoms with Crippen molar-refractivity contribution in [3.8, 4) is 11.8 Å². The number of para-hydroxylation sites is 1. The highest BCUT2D eigenvalue weighted by atomic mass is 16.5. The molecule has 1 saturated heterocycles. The molecular weight excluding hydrogens is 432 g/mol. The predicted octanol–water partition coefficient (Wildman–Crippen LogP) is 3.29. The van der Waals surface area contributed by atoms with Gasteiger partial charge in [-0.2, -0.15) is 10.2 Å². The van der Waals surface area contributed by atoms with Gasteiger partial charge in [0.1, 0.15) is 17.5 Å². The number of nitriles is 1. The molecule has 0 radical (unpaired) electrons. The van der Waals surface area contributed by atoms with E-state index in [0.717, 1.165) is 29.5 Å². The number of hydrogen-bond donors (Lipinski definition) is 2. The summed E-state index contributed by atoms with van der Waals surface area (Å²) in [5.74, 6) is 0.825. The van der Waals surface area contributed by atoms with Crippen molar-refractivity contribution in [2.24, 2.45) is 16.6 Å². The molecule has 0 amide bonds. The van der Waals surface area contributed by atoms with Crippen molar-refractivity contribution in [3.63, 3.8) is 0 Å². The van der Waals surface area contributed by atoms with Gasteiger partial charge in [-0.25, -0.2) is 9.97 Å². The first-order valence-corrected chi connectivity index (χ1v) is 11.0. The van der Waals surface area contributed by atoms with Gasteiger partial charge in [0.2, 0.25) is 0 Å². The van der Waals surface area contributed by atoms with Crippen molar-refractivity contribution in [2.45, 2.75) is 18.9 Å². The molecule has 1 aliphatic heterocycles. The van der Waals surface area contributed by atoms with Crippen LogP contribution in [0.5, 0.6) is 5.75 Å². The molecular formula is C24H24N8O2. The number of methoxy groups -OCH3 is 1. The van der Waals surface area contributed by atoms with Gasteiger partial charge >= 0.3 is 0 Å². The number of aromatic amines is 1. The average molecular weight is 457 g/mol. The summed E-state index contributed by atoms with van der Waals surface area (Å²) in [5, 5.41) is 10.3. The van der Waals surface area contributed by atoms with Crippen LogP contribution in [-0.4, -0.2) is 52.4 Å². The first-order valence-electron chi connectivity index (χ1n) is 11.0. The summed E-state index contributed by atoms with van der Waals surface area (Å²) in [6.45, 7) is 1.46. The molecule has 5 rings (SSSR count). The Labute approximate surface area is 195 Å². The van der Waals surface area contributed by atoms with E-state index < -0.39 is 0 Å². The van der Waals surface area contributed by atoms with Gasteiger partial charge in [0.05, 0.1) is 31.3 Å². The summed E-state index contributed by atoms with van der Waals surface area (Å²) < 4.78 is 11.4. The third-order valence-electron chi connectivity index (χ3n) is 6.14. The third kappa shape index (κ3) is 3.92. The smallest absolute Gasteiger partial charge is 0.298 e. The van der Waals surface area contributed by atoms with Crippen molar-refractivity contribution in [1.82, 2.24) is 19.9 Å². The standard InChI is InChI=1S/C24H24N8O2/c1-33-20-4-2-3-19-22(20)34-24(31-19)32-10-7-15(13-32)18(5-8-25)28-12-16(11-26)21-17-6-9-27-23(17)30-14-29-21/h2-4,6,9,11-12,14-15,18H,5,7,10,13,26H2,1H3,(H,27,29,30). The quantitative estimate of drug-likeness (QED) is 0.403. The van der Waals surface area contributed by atoms with Gasteiger partial charge in [-0.05, 0) is 24.6 Å². The van der Waals surface area contributed by atoms with Crippen LogP contribution in [0.25, 0.3) is 27.7 Å². The maximum absolute atomic E-state index is 9.44. The Hall–Kier alpha value is -4.39. The Morgan fingerprint density at radius 2 is 2.35 bits per heavy atom. The number of fused-ring (bicyclic) bond motifs is 2. The molecule has 0 aliphatic carbocycles. The lowest BCUT2D eigenvalue weighted by Gasteiger charge is -2.18. The molecule has 1 aliphatic rings. The largest absolute Gasteiger partial charge is 0.493 e. The lowest BCUT2D eigenvalue weighted by molar-refractivity contribution is 0.410. The number of H-pyrrole nitrogens is 1. The number of oxazole rings is 1. The fourth-order valence-corrected chi connectivity index (χ4v) is 4.38. The molecule has 4 aromatic rings.